The van der Waals surface area contributed by atoms with E-state index < -0.39 is 0 Å². The first-order valence-electron chi connectivity index (χ1n) is 7.51. The molecule has 1 amide bonds. The number of nitrogens with one attached hydrogen (secondary N) is 1. The van der Waals surface area contributed by atoms with Crippen molar-refractivity contribution < 1.29 is 14.2 Å². The zero-order valence-electron chi connectivity index (χ0n) is 13.5. The Morgan fingerprint density at radius 1 is 1.24 bits per heavy atom. The number of amides is 1. The fourth-order valence-electron chi connectivity index (χ4n) is 2.08. The van der Waals surface area contributed by atoms with Gasteiger partial charge in [-0.15, -0.1) is 0 Å². The number of nitrogens with two attached hydrogens (primary N) is 1. The van der Waals surface area contributed by atoms with Gasteiger partial charge in [-0.25, -0.2) is 9.61 Å². The fraction of sp³-hybridized carbons (Fsp3) is 0.188. The van der Waals surface area contributed by atoms with Gasteiger partial charge in [-0.3, -0.25) is 9.78 Å². The molecule has 0 aliphatic rings. The van der Waals surface area contributed by atoms with Gasteiger partial charge in [-0.05, 0) is 24.2 Å². The molecule has 0 radical (unpaired) electrons. The first-order chi connectivity index (χ1) is 12.1. The number of benzene rings is 1. The number of nitrogen functional groups attached to an aromatic ring is 1. The van der Waals surface area contributed by atoms with Crippen LogP contribution in [0.25, 0.3) is 11.3 Å². The molecule has 9 heteroatoms. The summed E-state index contributed by atoms with van der Waals surface area (Å²) in [6, 6.07) is 7.00. The van der Waals surface area contributed by atoms with E-state index in [-0.39, 0.29) is 12.5 Å². The van der Waals surface area contributed by atoms with Crippen LogP contribution in [0.4, 0.5) is 5.82 Å². The van der Waals surface area contributed by atoms with Crippen molar-refractivity contribution >= 4 is 11.7 Å². The molecule has 3 aromatic rings. The van der Waals surface area contributed by atoms with Gasteiger partial charge in [0.1, 0.15) is 18.1 Å². The van der Waals surface area contributed by atoms with E-state index in [1.807, 2.05) is 0 Å². The standard InChI is InChI=1S/C16H16N6O3/c1-10-16(22-25-21-10)24-7-6-19-15(23)12-4-2-11(3-5-12)13-8-18-9-14(17)20-13/h2-5,8-9H,6-7H2,1H3,(H2,17,20)(H,19,23). The van der Waals surface area contributed by atoms with Crippen LogP contribution in [-0.4, -0.2) is 39.3 Å². The highest BCUT2D eigenvalue weighted by atomic mass is 16.6. The smallest absolute Gasteiger partial charge is 0.278 e. The molecular formula is C16H16N6O3. The number of nitrogens with zero attached hydrogens (tertiary/aromatic N) is 4. The van der Waals surface area contributed by atoms with E-state index in [2.05, 4.69) is 30.2 Å². The maximum absolute atomic E-state index is 12.1. The third-order valence-corrected chi connectivity index (χ3v) is 3.33. The lowest BCUT2D eigenvalue weighted by Gasteiger charge is -2.07. The highest BCUT2D eigenvalue weighted by molar-refractivity contribution is 5.94. The monoisotopic (exact) mass is 340 g/mol. The van der Waals surface area contributed by atoms with Crippen LogP contribution < -0.4 is 15.8 Å². The number of ether oxygens (including phenoxy) is 1. The van der Waals surface area contributed by atoms with Crippen LogP contribution in [0.3, 0.4) is 0 Å². The molecule has 9 nitrogen and oxygen atoms in total. The predicted octanol–water partition coefficient (Wildman–Crippen LogP) is 1.23. The molecule has 128 valence electrons. The molecule has 1 aromatic carbocycles. The molecule has 2 aromatic heterocycles. The fourth-order valence-corrected chi connectivity index (χ4v) is 2.08. The summed E-state index contributed by atoms with van der Waals surface area (Å²) in [6.07, 6.45) is 3.09. The molecule has 0 bridgehead atoms. The van der Waals surface area contributed by atoms with Gasteiger partial charge >= 0.3 is 0 Å². The third-order valence-electron chi connectivity index (χ3n) is 3.33. The number of aryl methyl sites for hydroxylation is 1. The van der Waals surface area contributed by atoms with Gasteiger partial charge < -0.3 is 15.8 Å². The highest BCUT2D eigenvalue weighted by Gasteiger charge is 2.08. The summed E-state index contributed by atoms with van der Waals surface area (Å²) in [6.45, 7) is 2.31. The van der Waals surface area contributed by atoms with Gasteiger partial charge in [0.25, 0.3) is 11.8 Å². The quantitative estimate of drug-likeness (QED) is 0.641. The Labute approximate surface area is 143 Å². The van der Waals surface area contributed by atoms with E-state index in [1.54, 1.807) is 37.4 Å². The van der Waals surface area contributed by atoms with Crippen LogP contribution in [0.5, 0.6) is 5.88 Å². The Hall–Kier alpha value is -3.49. The number of rotatable bonds is 6. The molecule has 3 rings (SSSR count). The summed E-state index contributed by atoms with van der Waals surface area (Å²) in [5.74, 6) is 0.461. The predicted molar refractivity (Wildman–Crippen MR) is 88.7 cm³/mol. The Morgan fingerprint density at radius 2 is 2.04 bits per heavy atom. The van der Waals surface area contributed by atoms with E-state index in [9.17, 15) is 4.79 Å². The van der Waals surface area contributed by atoms with Crippen molar-refractivity contribution in [3.8, 4) is 17.1 Å². The average Bonchev–Trinajstić information content (AvgIpc) is 3.04. The first-order valence-corrected chi connectivity index (χ1v) is 7.51. The van der Waals surface area contributed by atoms with Crippen molar-refractivity contribution in [2.75, 3.05) is 18.9 Å². The Bertz CT molecular complexity index is 862. The van der Waals surface area contributed by atoms with Gasteiger partial charge in [0.15, 0.2) is 0 Å². The number of hydrogen-bond acceptors (Lipinski definition) is 8. The van der Waals surface area contributed by atoms with Crippen molar-refractivity contribution in [3.05, 3.63) is 47.9 Å². The lowest BCUT2D eigenvalue weighted by atomic mass is 10.1. The van der Waals surface area contributed by atoms with Gasteiger partial charge in [0, 0.05) is 11.1 Å². The highest BCUT2D eigenvalue weighted by Crippen LogP contribution is 2.17. The van der Waals surface area contributed by atoms with E-state index in [0.29, 0.717) is 35.2 Å². The molecule has 0 unspecified atom stereocenters. The Morgan fingerprint density at radius 3 is 2.72 bits per heavy atom. The molecular weight excluding hydrogens is 324 g/mol. The molecule has 0 spiro atoms. The summed E-state index contributed by atoms with van der Waals surface area (Å²) in [5.41, 5.74) is 8.19. The van der Waals surface area contributed by atoms with E-state index in [4.69, 9.17) is 10.5 Å². The molecule has 0 fully saturated rings. The second kappa shape index (κ2) is 7.39. The zero-order valence-corrected chi connectivity index (χ0v) is 13.5. The molecule has 0 aliphatic carbocycles. The van der Waals surface area contributed by atoms with E-state index in [1.165, 1.54) is 6.20 Å². The second-order valence-electron chi connectivity index (χ2n) is 5.17. The summed E-state index contributed by atoms with van der Waals surface area (Å²) in [4.78, 5) is 20.3. The van der Waals surface area contributed by atoms with Crippen molar-refractivity contribution in [2.45, 2.75) is 6.92 Å². The number of hydrogen-bond donors (Lipinski definition) is 2. The van der Waals surface area contributed by atoms with Crippen molar-refractivity contribution in [1.29, 1.82) is 0 Å². The van der Waals surface area contributed by atoms with Crippen LogP contribution in [0.1, 0.15) is 16.1 Å². The molecule has 0 atom stereocenters. The Balaban J connectivity index is 1.53. The second-order valence-corrected chi connectivity index (χ2v) is 5.17. The molecule has 0 saturated heterocycles. The van der Waals surface area contributed by atoms with Crippen molar-refractivity contribution in [3.63, 3.8) is 0 Å². The maximum atomic E-state index is 12.1. The summed E-state index contributed by atoms with van der Waals surface area (Å²) in [5, 5.41) is 9.95. The molecule has 0 saturated carbocycles. The van der Waals surface area contributed by atoms with Gasteiger partial charge in [-0.1, -0.05) is 17.3 Å². The summed E-state index contributed by atoms with van der Waals surface area (Å²) in [7, 11) is 0. The first kappa shape index (κ1) is 16.4. The minimum Gasteiger partial charge on any atom is -0.472 e. The number of anilines is 1. The minimum atomic E-state index is -0.205. The van der Waals surface area contributed by atoms with Crippen LogP contribution in [-0.2, 0) is 0 Å². The van der Waals surface area contributed by atoms with E-state index >= 15 is 0 Å². The minimum absolute atomic E-state index is 0.205. The summed E-state index contributed by atoms with van der Waals surface area (Å²) < 4.78 is 9.86. The maximum Gasteiger partial charge on any atom is 0.278 e. The Kier molecular flexibility index (Phi) is 4.84. The normalized spacial score (nSPS) is 10.4. The molecule has 3 N–H and O–H groups in total. The zero-order chi connectivity index (χ0) is 17.6. The average molecular weight is 340 g/mol. The topological polar surface area (TPSA) is 129 Å². The van der Waals surface area contributed by atoms with Crippen LogP contribution in [0, 0.1) is 6.92 Å². The molecule has 2 heterocycles. The molecule has 0 aliphatic heterocycles. The number of carbonyl (C=O) groups excluding carboxylic acids is 1. The lowest BCUT2D eigenvalue weighted by Crippen LogP contribution is -2.28. The summed E-state index contributed by atoms with van der Waals surface area (Å²) >= 11 is 0. The number of carbonyl (C=O) groups is 1. The SMILES string of the molecule is Cc1nonc1OCCNC(=O)c1ccc(-c2cncc(N)n2)cc1. The van der Waals surface area contributed by atoms with Gasteiger partial charge in [-0.2, -0.15) is 0 Å². The van der Waals surface area contributed by atoms with Crippen LogP contribution >= 0.6 is 0 Å². The van der Waals surface area contributed by atoms with Gasteiger partial charge in [0.2, 0.25) is 0 Å². The van der Waals surface area contributed by atoms with Crippen molar-refractivity contribution in [2.24, 2.45) is 0 Å². The van der Waals surface area contributed by atoms with E-state index in [0.717, 1.165) is 5.56 Å². The number of aromatic nitrogens is 4. The lowest BCUT2D eigenvalue weighted by molar-refractivity contribution is 0.0946. The largest absolute Gasteiger partial charge is 0.472 e. The van der Waals surface area contributed by atoms with Crippen molar-refractivity contribution in [1.82, 2.24) is 25.6 Å². The van der Waals surface area contributed by atoms with Crippen LogP contribution in [0.15, 0.2) is 41.3 Å². The third kappa shape index (κ3) is 4.08. The van der Waals surface area contributed by atoms with Crippen LogP contribution in [0.2, 0.25) is 0 Å². The molecule has 25 heavy (non-hydrogen) atoms. The van der Waals surface area contributed by atoms with Gasteiger partial charge in [0.05, 0.1) is 24.6 Å².